The first kappa shape index (κ1) is 10.1. The minimum Gasteiger partial charge on any atom is -0.298 e. The summed E-state index contributed by atoms with van der Waals surface area (Å²) in [5.74, 6) is -0.137. The summed E-state index contributed by atoms with van der Waals surface area (Å²) in [4.78, 5) is 13.9. The van der Waals surface area contributed by atoms with Gasteiger partial charge in [-0.1, -0.05) is 0 Å². The zero-order valence-electron chi connectivity index (χ0n) is 6.51. The van der Waals surface area contributed by atoms with E-state index in [9.17, 15) is 13.6 Å². The van der Waals surface area contributed by atoms with Gasteiger partial charge in [0.2, 0.25) is 0 Å². The molecule has 0 N–H and O–H groups in total. The molecule has 0 aromatic carbocycles. The van der Waals surface area contributed by atoms with E-state index in [1.165, 1.54) is 12.3 Å². The molecule has 2 nitrogen and oxygen atoms in total. The Morgan fingerprint density at radius 3 is 2.77 bits per heavy atom. The van der Waals surface area contributed by atoms with Crippen LogP contribution >= 0.6 is 11.6 Å². The molecular formula is C8H6ClF2NO. The van der Waals surface area contributed by atoms with Gasteiger partial charge in [0.25, 0.3) is 6.43 Å². The van der Waals surface area contributed by atoms with Crippen LogP contribution in [0.15, 0.2) is 12.3 Å². The lowest BCUT2D eigenvalue weighted by Crippen LogP contribution is -2.00. The number of nitrogens with zero attached hydrogens (tertiary/aromatic N) is 1. The third-order valence-corrected chi connectivity index (χ3v) is 1.86. The molecule has 5 heteroatoms. The van der Waals surface area contributed by atoms with E-state index in [0.717, 1.165) is 0 Å². The topological polar surface area (TPSA) is 30.0 Å². The third-order valence-electron chi connectivity index (χ3n) is 1.59. The molecule has 0 fully saturated rings. The van der Waals surface area contributed by atoms with Crippen LogP contribution in [-0.2, 0) is 5.88 Å². The normalized spacial score (nSPS) is 10.5. The van der Waals surface area contributed by atoms with Crippen LogP contribution in [0.4, 0.5) is 8.78 Å². The fraction of sp³-hybridized carbons (Fsp3) is 0.250. The zero-order chi connectivity index (χ0) is 9.84. The van der Waals surface area contributed by atoms with Crippen molar-refractivity contribution in [3.05, 3.63) is 29.1 Å². The molecule has 0 aliphatic heterocycles. The molecule has 13 heavy (non-hydrogen) atoms. The number of halogens is 3. The van der Waals surface area contributed by atoms with Crippen molar-refractivity contribution in [2.24, 2.45) is 0 Å². The lowest BCUT2D eigenvalue weighted by Gasteiger charge is -2.06. The number of rotatable bonds is 3. The smallest absolute Gasteiger partial charge is 0.280 e. The van der Waals surface area contributed by atoms with Gasteiger partial charge >= 0.3 is 0 Å². The zero-order valence-corrected chi connectivity index (χ0v) is 7.26. The van der Waals surface area contributed by atoms with E-state index in [2.05, 4.69) is 4.98 Å². The Kier molecular flexibility index (Phi) is 3.31. The second-order valence-corrected chi connectivity index (χ2v) is 2.58. The van der Waals surface area contributed by atoms with E-state index in [1.807, 2.05) is 0 Å². The van der Waals surface area contributed by atoms with Crippen LogP contribution in [0.1, 0.15) is 28.0 Å². The Hall–Kier alpha value is -1.03. The summed E-state index contributed by atoms with van der Waals surface area (Å²) in [5, 5.41) is 0. The monoisotopic (exact) mass is 205 g/mol. The largest absolute Gasteiger partial charge is 0.298 e. The van der Waals surface area contributed by atoms with Crippen molar-refractivity contribution in [2.75, 3.05) is 0 Å². The molecule has 1 aromatic heterocycles. The fourth-order valence-electron chi connectivity index (χ4n) is 0.968. The number of aromatic nitrogens is 1. The highest BCUT2D eigenvalue weighted by atomic mass is 35.5. The van der Waals surface area contributed by atoms with E-state index < -0.39 is 12.1 Å². The summed E-state index contributed by atoms with van der Waals surface area (Å²) < 4.78 is 24.6. The van der Waals surface area contributed by atoms with E-state index in [-0.39, 0.29) is 17.0 Å². The first-order valence-electron chi connectivity index (χ1n) is 3.47. The van der Waals surface area contributed by atoms with Crippen LogP contribution in [0.3, 0.4) is 0 Å². The van der Waals surface area contributed by atoms with E-state index in [4.69, 9.17) is 11.6 Å². The number of hydrogen-bond acceptors (Lipinski definition) is 2. The molecule has 0 unspecified atom stereocenters. The molecule has 0 radical (unpaired) electrons. The Morgan fingerprint density at radius 1 is 1.62 bits per heavy atom. The first-order valence-corrected chi connectivity index (χ1v) is 4.01. The Labute approximate surface area is 78.5 Å². The average Bonchev–Trinajstić information content (AvgIpc) is 2.16. The van der Waals surface area contributed by atoms with Crippen molar-refractivity contribution < 1.29 is 13.6 Å². The van der Waals surface area contributed by atoms with Crippen molar-refractivity contribution in [1.82, 2.24) is 4.98 Å². The summed E-state index contributed by atoms with van der Waals surface area (Å²) in [6.45, 7) is 0. The summed E-state index contributed by atoms with van der Waals surface area (Å²) in [7, 11) is 0. The summed E-state index contributed by atoms with van der Waals surface area (Å²) >= 11 is 5.43. The highest BCUT2D eigenvalue weighted by Gasteiger charge is 2.16. The van der Waals surface area contributed by atoms with Crippen LogP contribution < -0.4 is 0 Å². The average molecular weight is 206 g/mol. The molecule has 1 rings (SSSR count). The van der Waals surface area contributed by atoms with Gasteiger partial charge in [0.1, 0.15) is 12.0 Å². The lowest BCUT2D eigenvalue weighted by molar-refractivity contribution is 0.112. The molecule has 0 saturated heterocycles. The number of alkyl halides is 3. The van der Waals surface area contributed by atoms with Gasteiger partial charge in [0.15, 0.2) is 0 Å². The predicted molar refractivity (Wildman–Crippen MR) is 44.1 cm³/mol. The Balaban J connectivity index is 3.26. The van der Waals surface area contributed by atoms with Crippen LogP contribution in [0.5, 0.6) is 0 Å². The SMILES string of the molecule is O=Cc1ccnc(C(F)F)c1CCl. The molecule has 1 heterocycles. The molecular weight excluding hydrogens is 200 g/mol. The number of carbonyl (C=O) groups is 1. The lowest BCUT2D eigenvalue weighted by atomic mass is 10.1. The maximum atomic E-state index is 12.3. The summed E-state index contributed by atoms with van der Waals surface area (Å²) in [6.07, 6.45) is -1.04. The van der Waals surface area contributed by atoms with Gasteiger partial charge in [0, 0.05) is 17.3 Å². The number of hydrogen-bond donors (Lipinski definition) is 0. The first-order chi connectivity index (χ1) is 6.20. The van der Waals surface area contributed by atoms with Gasteiger partial charge in [-0.15, -0.1) is 11.6 Å². The molecule has 0 aliphatic carbocycles. The summed E-state index contributed by atoms with van der Waals surface area (Å²) in [5.41, 5.74) is -0.144. The quantitative estimate of drug-likeness (QED) is 0.561. The second kappa shape index (κ2) is 4.28. The molecule has 1 aromatic rings. The standard InChI is InChI=1S/C8H6ClF2NO/c9-3-6-5(4-13)1-2-12-7(6)8(10)11/h1-2,4,8H,3H2. The summed E-state index contributed by atoms with van der Waals surface area (Å²) in [6, 6.07) is 1.36. The molecule has 0 amide bonds. The van der Waals surface area contributed by atoms with Crippen molar-refractivity contribution >= 4 is 17.9 Å². The highest BCUT2D eigenvalue weighted by molar-refractivity contribution is 6.17. The molecule has 0 aliphatic rings. The van der Waals surface area contributed by atoms with E-state index in [1.54, 1.807) is 0 Å². The van der Waals surface area contributed by atoms with Gasteiger partial charge in [0.05, 0.1) is 5.88 Å². The minimum atomic E-state index is -2.70. The van der Waals surface area contributed by atoms with Gasteiger partial charge in [-0.05, 0) is 6.07 Å². The molecule has 0 saturated carbocycles. The number of carbonyl (C=O) groups excluding carboxylic acids is 1. The van der Waals surface area contributed by atoms with Crippen molar-refractivity contribution in [3.8, 4) is 0 Å². The van der Waals surface area contributed by atoms with Gasteiger partial charge in [-0.2, -0.15) is 0 Å². The molecule has 0 atom stereocenters. The van der Waals surface area contributed by atoms with Crippen molar-refractivity contribution in [2.45, 2.75) is 12.3 Å². The van der Waals surface area contributed by atoms with E-state index in [0.29, 0.717) is 6.29 Å². The maximum absolute atomic E-state index is 12.3. The van der Waals surface area contributed by atoms with Crippen LogP contribution in [0.25, 0.3) is 0 Å². The third kappa shape index (κ3) is 2.01. The number of aldehydes is 1. The van der Waals surface area contributed by atoms with Crippen LogP contribution in [-0.4, -0.2) is 11.3 Å². The predicted octanol–water partition coefficient (Wildman–Crippen LogP) is 2.57. The maximum Gasteiger partial charge on any atom is 0.280 e. The Morgan fingerprint density at radius 2 is 2.31 bits per heavy atom. The van der Waals surface area contributed by atoms with Gasteiger partial charge in [-0.25, -0.2) is 8.78 Å². The van der Waals surface area contributed by atoms with Crippen molar-refractivity contribution in [1.29, 1.82) is 0 Å². The van der Waals surface area contributed by atoms with Crippen molar-refractivity contribution in [3.63, 3.8) is 0 Å². The fourth-order valence-corrected chi connectivity index (χ4v) is 1.26. The van der Waals surface area contributed by atoms with Gasteiger partial charge in [-0.3, -0.25) is 9.78 Å². The molecule has 0 bridgehead atoms. The number of pyridine rings is 1. The molecule has 0 spiro atoms. The van der Waals surface area contributed by atoms with Gasteiger partial charge < -0.3 is 0 Å². The molecule has 70 valence electrons. The second-order valence-electron chi connectivity index (χ2n) is 2.32. The minimum absolute atomic E-state index is 0.106. The highest BCUT2D eigenvalue weighted by Crippen LogP contribution is 2.23. The van der Waals surface area contributed by atoms with Crippen LogP contribution in [0, 0.1) is 0 Å². The Bertz CT molecular complexity index is 317. The van der Waals surface area contributed by atoms with E-state index >= 15 is 0 Å². The van der Waals surface area contributed by atoms with Crippen LogP contribution in [0.2, 0.25) is 0 Å².